The lowest BCUT2D eigenvalue weighted by molar-refractivity contribution is 0.602. The average molecular weight is 247 g/mol. The molecule has 0 bridgehead atoms. The number of rotatable bonds is 3. The lowest BCUT2D eigenvalue weighted by atomic mass is 10.5. The van der Waals surface area contributed by atoms with Crippen molar-refractivity contribution >= 4 is 32.2 Å². The predicted octanol–water partition coefficient (Wildman–Crippen LogP) is 0.949. The van der Waals surface area contributed by atoms with Crippen LogP contribution in [0.4, 0.5) is 10.8 Å². The number of nitrogen functional groups attached to an aromatic ring is 1. The Morgan fingerprint density at radius 2 is 2.20 bits per heavy atom. The van der Waals surface area contributed by atoms with Crippen LogP contribution in [0.3, 0.4) is 0 Å². The average Bonchev–Trinajstić information content (AvgIpc) is 2.59. The summed E-state index contributed by atoms with van der Waals surface area (Å²) in [7, 11) is -3.30. The van der Waals surface area contributed by atoms with E-state index in [-0.39, 0.29) is 10.7 Å². The molecule has 0 aromatic carbocycles. The zero-order valence-electron chi connectivity index (χ0n) is 8.52. The standard InChI is InChI=1S/C8H13N3O2S2/c1-4-3-5(4)10-8-6(15(2,12)13)7(9)11-14-8/h4-5,10H,3H2,1-2H3,(H2,9,11). The van der Waals surface area contributed by atoms with Gasteiger partial charge in [0, 0.05) is 12.3 Å². The van der Waals surface area contributed by atoms with Crippen LogP contribution in [0, 0.1) is 5.92 Å². The summed E-state index contributed by atoms with van der Waals surface area (Å²) >= 11 is 1.11. The predicted molar refractivity (Wildman–Crippen MR) is 60.8 cm³/mol. The first-order chi connectivity index (χ1) is 6.89. The summed E-state index contributed by atoms with van der Waals surface area (Å²) in [5.41, 5.74) is 5.54. The summed E-state index contributed by atoms with van der Waals surface area (Å²) in [6.45, 7) is 2.11. The van der Waals surface area contributed by atoms with Crippen molar-refractivity contribution in [2.75, 3.05) is 17.3 Å². The molecule has 1 heterocycles. The number of anilines is 2. The summed E-state index contributed by atoms with van der Waals surface area (Å²) in [5, 5.41) is 3.73. The van der Waals surface area contributed by atoms with Crippen molar-refractivity contribution in [3.8, 4) is 0 Å². The molecule has 0 saturated heterocycles. The van der Waals surface area contributed by atoms with Crippen LogP contribution in [0.25, 0.3) is 0 Å². The lowest BCUT2D eigenvalue weighted by Crippen LogP contribution is -2.07. The van der Waals surface area contributed by atoms with E-state index in [1.165, 1.54) is 0 Å². The molecule has 2 unspecified atom stereocenters. The number of aromatic nitrogens is 1. The van der Waals surface area contributed by atoms with Gasteiger partial charge in [-0.3, -0.25) is 0 Å². The minimum Gasteiger partial charge on any atom is -0.382 e. The van der Waals surface area contributed by atoms with Gasteiger partial charge in [-0.05, 0) is 23.9 Å². The maximum atomic E-state index is 11.5. The van der Waals surface area contributed by atoms with Crippen molar-refractivity contribution in [3.63, 3.8) is 0 Å². The third-order valence-corrected chi connectivity index (χ3v) is 4.55. The van der Waals surface area contributed by atoms with E-state index < -0.39 is 9.84 Å². The number of hydrogen-bond donors (Lipinski definition) is 2. The summed E-state index contributed by atoms with van der Waals surface area (Å²) in [5.74, 6) is 0.694. The molecule has 1 aromatic heterocycles. The fourth-order valence-corrected chi connectivity index (χ4v) is 3.55. The van der Waals surface area contributed by atoms with E-state index in [1.54, 1.807) is 0 Å². The quantitative estimate of drug-likeness (QED) is 0.830. The Hall–Kier alpha value is -0.820. The number of nitrogens with zero attached hydrogens (tertiary/aromatic N) is 1. The monoisotopic (exact) mass is 247 g/mol. The first-order valence-electron chi connectivity index (χ1n) is 4.61. The van der Waals surface area contributed by atoms with Gasteiger partial charge < -0.3 is 11.1 Å². The third kappa shape index (κ3) is 2.07. The molecule has 2 atom stereocenters. The van der Waals surface area contributed by atoms with Crippen molar-refractivity contribution in [2.24, 2.45) is 5.92 Å². The summed E-state index contributed by atoms with van der Waals surface area (Å²) in [6, 6.07) is 0.366. The zero-order chi connectivity index (χ0) is 11.2. The van der Waals surface area contributed by atoms with Gasteiger partial charge in [0.2, 0.25) is 0 Å². The molecule has 15 heavy (non-hydrogen) atoms. The van der Waals surface area contributed by atoms with E-state index in [9.17, 15) is 8.42 Å². The van der Waals surface area contributed by atoms with E-state index in [1.807, 2.05) is 0 Å². The topological polar surface area (TPSA) is 85.1 Å². The van der Waals surface area contributed by atoms with Gasteiger partial charge in [-0.25, -0.2) is 8.42 Å². The van der Waals surface area contributed by atoms with Gasteiger partial charge >= 0.3 is 0 Å². The van der Waals surface area contributed by atoms with Crippen LogP contribution in [-0.2, 0) is 9.84 Å². The molecule has 5 nitrogen and oxygen atoms in total. The highest BCUT2D eigenvalue weighted by atomic mass is 32.2. The van der Waals surface area contributed by atoms with Crippen molar-refractivity contribution in [3.05, 3.63) is 0 Å². The van der Waals surface area contributed by atoms with Crippen molar-refractivity contribution in [2.45, 2.75) is 24.3 Å². The molecule has 1 fully saturated rings. The Balaban J connectivity index is 2.32. The SMILES string of the molecule is CC1CC1Nc1snc(N)c1S(C)(=O)=O. The number of nitrogens with two attached hydrogens (primary N) is 1. The van der Waals surface area contributed by atoms with Gasteiger partial charge in [0.1, 0.15) is 9.90 Å². The Kier molecular flexibility index (Phi) is 2.38. The summed E-state index contributed by atoms with van der Waals surface area (Å²) in [4.78, 5) is 0.145. The van der Waals surface area contributed by atoms with Gasteiger partial charge in [0.15, 0.2) is 15.7 Å². The maximum absolute atomic E-state index is 11.5. The summed E-state index contributed by atoms with van der Waals surface area (Å²) in [6.07, 6.45) is 2.22. The smallest absolute Gasteiger partial charge is 0.182 e. The van der Waals surface area contributed by atoms with Crippen LogP contribution in [0.5, 0.6) is 0 Å². The minimum absolute atomic E-state index is 0.0957. The van der Waals surface area contributed by atoms with Crippen LogP contribution < -0.4 is 11.1 Å². The molecule has 1 aromatic rings. The fourth-order valence-electron chi connectivity index (χ4n) is 1.44. The van der Waals surface area contributed by atoms with Gasteiger partial charge in [0.05, 0.1) is 0 Å². The lowest BCUT2D eigenvalue weighted by Gasteiger charge is -2.03. The van der Waals surface area contributed by atoms with Gasteiger partial charge in [-0.2, -0.15) is 4.37 Å². The van der Waals surface area contributed by atoms with E-state index in [0.29, 0.717) is 17.0 Å². The molecule has 0 aliphatic heterocycles. The van der Waals surface area contributed by atoms with Crippen LogP contribution in [-0.4, -0.2) is 25.1 Å². The summed E-state index contributed by atoms with van der Waals surface area (Å²) < 4.78 is 26.8. The number of sulfone groups is 1. The highest BCUT2D eigenvalue weighted by molar-refractivity contribution is 7.91. The van der Waals surface area contributed by atoms with Crippen LogP contribution >= 0.6 is 11.5 Å². The van der Waals surface area contributed by atoms with Gasteiger partial charge in [0.25, 0.3) is 0 Å². The van der Waals surface area contributed by atoms with E-state index in [2.05, 4.69) is 16.6 Å². The Morgan fingerprint density at radius 3 is 2.67 bits per heavy atom. The molecule has 2 rings (SSSR count). The van der Waals surface area contributed by atoms with Crippen LogP contribution in [0.2, 0.25) is 0 Å². The Labute approximate surface area is 92.8 Å². The second-order valence-corrected chi connectivity index (χ2v) is 6.69. The van der Waals surface area contributed by atoms with Crippen molar-refractivity contribution in [1.29, 1.82) is 0 Å². The zero-order valence-corrected chi connectivity index (χ0v) is 10.2. The molecule has 0 spiro atoms. The van der Waals surface area contributed by atoms with E-state index in [4.69, 9.17) is 5.73 Å². The molecule has 3 N–H and O–H groups in total. The van der Waals surface area contributed by atoms with Crippen LogP contribution in [0.15, 0.2) is 4.90 Å². The molecule has 0 radical (unpaired) electrons. The number of hydrogen-bond acceptors (Lipinski definition) is 6. The van der Waals surface area contributed by atoms with Gasteiger partial charge in [-0.1, -0.05) is 6.92 Å². The van der Waals surface area contributed by atoms with Gasteiger partial charge in [-0.15, -0.1) is 0 Å². The molecule has 1 aliphatic carbocycles. The normalized spacial score (nSPS) is 25.2. The highest BCUT2D eigenvalue weighted by Crippen LogP contribution is 2.38. The fraction of sp³-hybridized carbons (Fsp3) is 0.625. The first kappa shape index (κ1) is 10.7. The molecule has 7 heteroatoms. The molecular formula is C8H13N3O2S2. The first-order valence-corrected chi connectivity index (χ1v) is 7.28. The molecular weight excluding hydrogens is 234 g/mol. The van der Waals surface area contributed by atoms with E-state index >= 15 is 0 Å². The Morgan fingerprint density at radius 1 is 1.60 bits per heavy atom. The third-order valence-electron chi connectivity index (χ3n) is 2.47. The molecule has 1 saturated carbocycles. The van der Waals surface area contributed by atoms with Crippen molar-refractivity contribution in [1.82, 2.24) is 4.37 Å². The highest BCUT2D eigenvalue weighted by Gasteiger charge is 2.34. The largest absolute Gasteiger partial charge is 0.382 e. The molecule has 1 aliphatic rings. The number of nitrogens with one attached hydrogen (secondary N) is 1. The van der Waals surface area contributed by atoms with Crippen LogP contribution in [0.1, 0.15) is 13.3 Å². The second-order valence-electron chi connectivity index (χ2n) is 3.96. The Bertz CT molecular complexity index is 480. The molecule has 84 valence electrons. The molecule has 0 amide bonds. The minimum atomic E-state index is -3.30. The maximum Gasteiger partial charge on any atom is 0.182 e. The van der Waals surface area contributed by atoms with Crippen molar-refractivity contribution < 1.29 is 8.42 Å². The van der Waals surface area contributed by atoms with E-state index in [0.717, 1.165) is 24.2 Å². The second kappa shape index (κ2) is 3.34.